The van der Waals surface area contributed by atoms with Crippen LogP contribution in [0.1, 0.15) is 17.5 Å². The second-order valence-corrected chi connectivity index (χ2v) is 7.14. The number of rotatable bonds is 2. The first kappa shape index (κ1) is 14.1. The van der Waals surface area contributed by atoms with E-state index in [1.54, 1.807) is 0 Å². The number of benzene rings is 2. The maximum atomic E-state index is 12.7. The Bertz CT molecular complexity index is 738. The minimum absolute atomic E-state index is 0.0650. The molecule has 0 spiro atoms. The Kier molecular flexibility index (Phi) is 3.69. The van der Waals surface area contributed by atoms with Crippen molar-refractivity contribution in [2.75, 3.05) is 6.54 Å². The van der Waals surface area contributed by atoms with Crippen molar-refractivity contribution in [1.82, 2.24) is 4.31 Å². The third-order valence-electron chi connectivity index (χ3n) is 3.79. The number of nitrogens with zero attached hydrogens (tertiary/aromatic N) is 1. The van der Waals surface area contributed by atoms with Crippen molar-refractivity contribution in [3.8, 4) is 5.75 Å². The van der Waals surface area contributed by atoms with Crippen LogP contribution in [0.4, 0.5) is 0 Å². The molecule has 0 unspecified atom stereocenters. The Balaban J connectivity index is 1.94. The first-order valence-corrected chi connectivity index (χ1v) is 8.37. The van der Waals surface area contributed by atoms with Crippen LogP contribution in [0.15, 0.2) is 53.4 Å². The van der Waals surface area contributed by atoms with Gasteiger partial charge in [-0.15, -0.1) is 0 Å². The topological polar surface area (TPSA) is 57.6 Å². The molecule has 0 amide bonds. The molecule has 1 aliphatic rings. The molecule has 0 fully saturated rings. The van der Waals surface area contributed by atoms with E-state index in [2.05, 4.69) is 6.07 Å². The Hall–Kier alpha value is -1.85. The van der Waals surface area contributed by atoms with Crippen molar-refractivity contribution in [2.45, 2.75) is 24.3 Å². The summed E-state index contributed by atoms with van der Waals surface area (Å²) in [5.74, 6) is 0.0650. The van der Waals surface area contributed by atoms with Gasteiger partial charge in [0.1, 0.15) is 5.75 Å². The average molecular weight is 303 g/mol. The van der Waals surface area contributed by atoms with Crippen LogP contribution < -0.4 is 0 Å². The third-order valence-corrected chi connectivity index (χ3v) is 5.65. The van der Waals surface area contributed by atoms with Crippen molar-refractivity contribution in [2.24, 2.45) is 0 Å². The lowest BCUT2D eigenvalue weighted by molar-refractivity contribution is 0.410. The Morgan fingerprint density at radius 3 is 2.33 bits per heavy atom. The number of aromatic hydroxyl groups is 1. The van der Waals surface area contributed by atoms with E-state index in [4.69, 9.17) is 0 Å². The number of phenolic OH excluding ortho intramolecular Hbond substituents is 1. The molecule has 0 atom stereocenters. The van der Waals surface area contributed by atoms with E-state index in [-0.39, 0.29) is 10.6 Å². The summed E-state index contributed by atoms with van der Waals surface area (Å²) in [4.78, 5) is 0.222. The van der Waals surface area contributed by atoms with Crippen LogP contribution in [0.2, 0.25) is 0 Å². The fourth-order valence-electron chi connectivity index (χ4n) is 2.64. The Labute approximate surface area is 124 Å². The summed E-state index contributed by atoms with van der Waals surface area (Å²) in [6.45, 7) is 0.914. The van der Waals surface area contributed by atoms with Gasteiger partial charge in [0.05, 0.1) is 4.90 Å². The van der Waals surface area contributed by atoms with E-state index < -0.39 is 10.0 Å². The summed E-state index contributed by atoms with van der Waals surface area (Å²) in [6.07, 6.45) is 1.71. The lowest BCUT2D eigenvalue weighted by atomic mass is 10.0. The van der Waals surface area contributed by atoms with Crippen LogP contribution in [-0.2, 0) is 23.0 Å². The molecule has 0 saturated carbocycles. The minimum atomic E-state index is -3.52. The van der Waals surface area contributed by atoms with Crippen molar-refractivity contribution < 1.29 is 13.5 Å². The van der Waals surface area contributed by atoms with Crippen molar-refractivity contribution in [1.29, 1.82) is 0 Å². The summed E-state index contributed by atoms with van der Waals surface area (Å²) in [5, 5.41) is 9.30. The summed E-state index contributed by atoms with van der Waals surface area (Å²) < 4.78 is 26.9. The van der Waals surface area contributed by atoms with Crippen LogP contribution in [-0.4, -0.2) is 24.4 Å². The molecule has 0 bridgehead atoms. The van der Waals surface area contributed by atoms with E-state index in [0.29, 0.717) is 13.1 Å². The highest BCUT2D eigenvalue weighted by molar-refractivity contribution is 7.89. The minimum Gasteiger partial charge on any atom is -0.508 e. The van der Waals surface area contributed by atoms with Crippen LogP contribution >= 0.6 is 0 Å². The first-order valence-electron chi connectivity index (χ1n) is 6.93. The summed E-state index contributed by atoms with van der Waals surface area (Å²) in [5.41, 5.74) is 2.29. The summed E-state index contributed by atoms with van der Waals surface area (Å²) in [6, 6.07) is 13.7. The highest BCUT2D eigenvalue weighted by atomic mass is 32.2. The van der Waals surface area contributed by atoms with Gasteiger partial charge in [-0.1, -0.05) is 24.3 Å². The maximum Gasteiger partial charge on any atom is 0.243 e. The van der Waals surface area contributed by atoms with Gasteiger partial charge in [0.25, 0.3) is 0 Å². The molecule has 0 saturated heterocycles. The molecule has 2 aromatic rings. The summed E-state index contributed by atoms with van der Waals surface area (Å²) >= 11 is 0. The number of hydrogen-bond donors (Lipinski definition) is 1. The molecule has 0 aliphatic carbocycles. The van der Waals surface area contributed by atoms with Crippen LogP contribution in [0.25, 0.3) is 0 Å². The molecule has 21 heavy (non-hydrogen) atoms. The molecular weight excluding hydrogens is 286 g/mol. The maximum absolute atomic E-state index is 12.7. The van der Waals surface area contributed by atoms with E-state index in [1.165, 1.54) is 34.1 Å². The quantitative estimate of drug-likeness (QED) is 0.927. The van der Waals surface area contributed by atoms with Crippen molar-refractivity contribution >= 4 is 10.0 Å². The summed E-state index contributed by atoms with van der Waals surface area (Å²) in [7, 11) is -3.52. The van der Waals surface area contributed by atoms with Gasteiger partial charge in [0.2, 0.25) is 10.0 Å². The molecule has 1 heterocycles. The number of sulfonamides is 1. The monoisotopic (exact) mass is 303 g/mol. The largest absolute Gasteiger partial charge is 0.508 e. The van der Waals surface area contributed by atoms with Gasteiger partial charge in [-0.2, -0.15) is 4.31 Å². The van der Waals surface area contributed by atoms with Crippen molar-refractivity contribution in [3.63, 3.8) is 0 Å². The molecule has 0 aromatic heterocycles. The molecule has 110 valence electrons. The fraction of sp³-hybridized carbons (Fsp3) is 0.250. The molecule has 1 aliphatic heterocycles. The molecule has 4 nitrogen and oxygen atoms in total. The Morgan fingerprint density at radius 2 is 1.62 bits per heavy atom. The second kappa shape index (κ2) is 5.50. The van der Waals surface area contributed by atoms with Gasteiger partial charge in [-0.25, -0.2) is 8.42 Å². The first-order chi connectivity index (χ1) is 10.1. The van der Waals surface area contributed by atoms with Crippen molar-refractivity contribution in [3.05, 3.63) is 59.7 Å². The molecule has 2 aromatic carbocycles. The molecule has 0 radical (unpaired) electrons. The van der Waals surface area contributed by atoms with Gasteiger partial charge in [0, 0.05) is 13.1 Å². The molecule has 3 rings (SSSR count). The van der Waals surface area contributed by atoms with E-state index in [1.807, 2.05) is 18.2 Å². The van der Waals surface area contributed by atoms with E-state index in [0.717, 1.165) is 18.4 Å². The SMILES string of the molecule is O=S(=O)(c1ccc(O)cc1)N1CCCc2ccccc2C1. The van der Waals surface area contributed by atoms with Gasteiger partial charge in [-0.05, 0) is 48.2 Å². The van der Waals surface area contributed by atoms with Gasteiger partial charge in [-0.3, -0.25) is 0 Å². The number of hydrogen-bond acceptors (Lipinski definition) is 3. The average Bonchev–Trinajstić information content (AvgIpc) is 2.70. The lowest BCUT2D eigenvalue weighted by Crippen LogP contribution is -2.30. The van der Waals surface area contributed by atoms with Crippen LogP contribution in [0, 0.1) is 0 Å². The molecular formula is C16H17NO3S. The zero-order chi connectivity index (χ0) is 14.9. The molecule has 5 heteroatoms. The standard InChI is InChI=1S/C16H17NO3S/c18-15-7-9-16(10-8-15)21(19,20)17-11-3-6-13-4-1-2-5-14(13)12-17/h1-2,4-5,7-10,18H,3,6,11-12H2. The Morgan fingerprint density at radius 1 is 0.952 bits per heavy atom. The zero-order valence-electron chi connectivity index (χ0n) is 11.6. The number of phenols is 1. The smallest absolute Gasteiger partial charge is 0.243 e. The highest BCUT2D eigenvalue weighted by Gasteiger charge is 2.26. The number of aryl methyl sites for hydroxylation is 1. The fourth-order valence-corrected chi connectivity index (χ4v) is 4.10. The van der Waals surface area contributed by atoms with E-state index >= 15 is 0 Å². The van der Waals surface area contributed by atoms with E-state index in [9.17, 15) is 13.5 Å². The van der Waals surface area contributed by atoms with Gasteiger partial charge >= 0.3 is 0 Å². The molecule has 1 N–H and O–H groups in total. The van der Waals surface area contributed by atoms with Gasteiger partial charge < -0.3 is 5.11 Å². The number of fused-ring (bicyclic) bond motifs is 1. The van der Waals surface area contributed by atoms with Gasteiger partial charge in [0.15, 0.2) is 0 Å². The van der Waals surface area contributed by atoms with Crippen LogP contribution in [0.5, 0.6) is 5.75 Å². The zero-order valence-corrected chi connectivity index (χ0v) is 12.4. The third kappa shape index (κ3) is 2.80. The predicted molar refractivity (Wildman–Crippen MR) is 80.5 cm³/mol. The van der Waals surface area contributed by atoms with Crippen LogP contribution in [0.3, 0.4) is 0 Å². The highest BCUT2D eigenvalue weighted by Crippen LogP contribution is 2.25. The predicted octanol–water partition coefficient (Wildman–Crippen LogP) is 2.53. The lowest BCUT2D eigenvalue weighted by Gasteiger charge is -2.20. The second-order valence-electron chi connectivity index (χ2n) is 5.20. The normalized spacial score (nSPS) is 16.2.